The van der Waals surface area contributed by atoms with E-state index in [0.717, 1.165) is 0 Å². The molecular weight excluding hydrogens is 332 g/mol. The number of ketones is 3. The van der Waals surface area contributed by atoms with Gasteiger partial charge >= 0.3 is 11.9 Å². The fraction of sp³-hybridized carbons (Fsp3) is 0.588. The summed E-state index contributed by atoms with van der Waals surface area (Å²) in [4.78, 5) is 51.2. The van der Waals surface area contributed by atoms with E-state index in [-0.39, 0.29) is 23.1 Å². The van der Waals surface area contributed by atoms with Crippen LogP contribution in [0.2, 0.25) is 0 Å². The first-order valence-electron chi connectivity index (χ1n) is 7.65. The Morgan fingerprint density at radius 2 is 1.00 bits per heavy atom. The van der Waals surface area contributed by atoms with Crippen molar-refractivity contribution < 1.29 is 39.3 Å². The summed E-state index contributed by atoms with van der Waals surface area (Å²) in [7, 11) is 0. The van der Waals surface area contributed by atoms with Crippen LogP contribution in [0.15, 0.2) is 11.8 Å². The third-order valence-corrected chi connectivity index (χ3v) is 2.81. The van der Waals surface area contributed by atoms with Gasteiger partial charge < -0.3 is 15.3 Å². The van der Waals surface area contributed by atoms with Crippen LogP contribution >= 0.6 is 0 Å². The number of allylic oxidation sites excluding steroid dienone is 2. The molecule has 144 valence electrons. The molecule has 0 spiro atoms. The Morgan fingerprint density at radius 1 is 0.720 bits per heavy atom. The summed E-state index contributed by atoms with van der Waals surface area (Å²) in [6.07, 6.45) is 1.93. The van der Waals surface area contributed by atoms with Gasteiger partial charge in [0.05, 0.1) is 5.76 Å². The smallest absolute Gasteiger partial charge is 0.314 e. The summed E-state index contributed by atoms with van der Waals surface area (Å²) >= 11 is 0. The topological polar surface area (TPSA) is 146 Å². The van der Waals surface area contributed by atoms with Gasteiger partial charge in [0.1, 0.15) is 23.4 Å². The first-order valence-corrected chi connectivity index (χ1v) is 7.65. The Bertz CT molecular complexity index is 441. The van der Waals surface area contributed by atoms with Crippen LogP contribution < -0.4 is 0 Å². The lowest BCUT2D eigenvalue weighted by molar-refractivity contribution is -0.147. The Hall–Kier alpha value is -2.51. The monoisotopic (exact) mass is 360 g/mol. The molecule has 0 amide bonds. The van der Waals surface area contributed by atoms with Gasteiger partial charge in [-0.2, -0.15) is 0 Å². The van der Waals surface area contributed by atoms with Crippen LogP contribution in [0.5, 0.6) is 0 Å². The number of carboxylic acids is 2. The zero-order chi connectivity index (χ0) is 20.7. The molecule has 2 atom stereocenters. The van der Waals surface area contributed by atoms with Crippen LogP contribution in [0.1, 0.15) is 54.4 Å². The van der Waals surface area contributed by atoms with E-state index in [1.54, 1.807) is 13.8 Å². The molecule has 0 aromatic carbocycles. The number of hydrogen-bond donors (Lipinski definition) is 3. The van der Waals surface area contributed by atoms with E-state index in [4.69, 9.17) is 15.3 Å². The molecule has 0 aromatic heterocycles. The second kappa shape index (κ2) is 15.0. The van der Waals surface area contributed by atoms with Crippen molar-refractivity contribution in [3.63, 3.8) is 0 Å². The second-order valence-corrected chi connectivity index (χ2v) is 5.22. The zero-order valence-corrected chi connectivity index (χ0v) is 15.5. The molecule has 0 aliphatic carbocycles. The highest BCUT2D eigenvalue weighted by Crippen LogP contribution is 2.03. The van der Waals surface area contributed by atoms with Crippen molar-refractivity contribution in [2.45, 2.75) is 54.4 Å². The van der Waals surface area contributed by atoms with Gasteiger partial charge in [-0.1, -0.05) is 13.8 Å². The average molecular weight is 360 g/mol. The van der Waals surface area contributed by atoms with Crippen molar-refractivity contribution in [1.29, 1.82) is 0 Å². The number of carboxylic acid groups (broad SMARTS) is 2. The summed E-state index contributed by atoms with van der Waals surface area (Å²) in [5, 5.41) is 25.0. The van der Waals surface area contributed by atoms with Crippen molar-refractivity contribution in [2.24, 2.45) is 11.8 Å². The number of aliphatic hydroxyl groups is 1. The fourth-order valence-corrected chi connectivity index (χ4v) is 1.57. The van der Waals surface area contributed by atoms with Crippen molar-refractivity contribution in [3.8, 4) is 0 Å². The molecule has 2 unspecified atom stereocenters. The minimum absolute atomic E-state index is 0.0625. The van der Waals surface area contributed by atoms with Gasteiger partial charge in [-0.05, 0) is 40.5 Å². The molecule has 0 aliphatic heterocycles. The van der Waals surface area contributed by atoms with Gasteiger partial charge in [0, 0.05) is 6.08 Å². The van der Waals surface area contributed by atoms with Crippen molar-refractivity contribution >= 4 is 29.3 Å². The predicted octanol–water partition coefficient (Wildman–Crippen LogP) is 2.41. The van der Waals surface area contributed by atoms with E-state index >= 15 is 0 Å². The molecule has 8 heteroatoms. The Morgan fingerprint density at radius 3 is 1.00 bits per heavy atom. The number of hydrogen-bond acceptors (Lipinski definition) is 6. The van der Waals surface area contributed by atoms with E-state index in [2.05, 4.69) is 0 Å². The molecule has 0 saturated carbocycles. The van der Waals surface area contributed by atoms with E-state index in [1.165, 1.54) is 33.8 Å². The maximum absolute atomic E-state index is 10.4. The molecule has 25 heavy (non-hydrogen) atoms. The number of Topliss-reactive ketones (excluding diaryl/α,β-unsaturated/α-hetero) is 2. The largest absolute Gasteiger partial charge is 0.512 e. The molecule has 0 fully saturated rings. The lowest BCUT2D eigenvalue weighted by atomic mass is 10.0. The van der Waals surface area contributed by atoms with Gasteiger partial charge in [0.15, 0.2) is 5.78 Å². The maximum Gasteiger partial charge on any atom is 0.314 e. The highest BCUT2D eigenvalue weighted by atomic mass is 16.4. The summed E-state index contributed by atoms with van der Waals surface area (Å²) in [5.74, 6) is -4.26. The summed E-state index contributed by atoms with van der Waals surface area (Å²) in [6, 6.07) is 0. The molecule has 0 aliphatic rings. The Kier molecular flexibility index (Phi) is 16.5. The Balaban J connectivity index is -0.000000293. The van der Waals surface area contributed by atoms with Crippen LogP contribution in [0.25, 0.3) is 0 Å². The third kappa shape index (κ3) is 17.7. The first kappa shape index (κ1) is 27.3. The maximum atomic E-state index is 10.4. The van der Waals surface area contributed by atoms with Crippen molar-refractivity contribution in [2.75, 3.05) is 0 Å². The summed E-state index contributed by atoms with van der Waals surface area (Å²) in [6.45, 7) is 8.80. The first-order chi connectivity index (χ1) is 11.3. The molecule has 8 nitrogen and oxygen atoms in total. The number of carbonyl (C=O) groups excluding carboxylic acids is 3. The Labute approximate surface area is 147 Å². The summed E-state index contributed by atoms with van der Waals surface area (Å²) < 4.78 is 0. The number of aliphatic carboxylic acids is 2. The van der Waals surface area contributed by atoms with Crippen LogP contribution in [-0.4, -0.2) is 44.6 Å². The number of aliphatic hydroxyl groups excluding tert-OH is 1. The summed E-state index contributed by atoms with van der Waals surface area (Å²) in [5.41, 5.74) is 0. The molecule has 0 aromatic rings. The van der Waals surface area contributed by atoms with E-state index < -0.39 is 23.8 Å². The molecule has 0 radical (unpaired) electrons. The predicted molar refractivity (Wildman–Crippen MR) is 91.3 cm³/mol. The molecule has 0 saturated heterocycles. The van der Waals surface area contributed by atoms with Gasteiger partial charge in [-0.3, -0.25) is 24.0 Å². The number of rotatable bonds is 7. The van der Waals surface area contributed by atoms with Gasteiger partial charge in [0.25, 0.3) is 0 Å². The molecule has 0 rings (SSSR count). The SMILES string of the molecule is CC(=O)/C=C(/C)O.CCC(C(C)=O)C(=O)O.CCC(C(C)=O)C(=O)O. The molecule has 0 heterocycles. The quantitative estimate of drug-likeness (QED) is 0.356. The fourth-order valence-electron chi connectivity index (χ4n) is 1.57. The molecule has 3 N–H and O–H groups in total. The zero-order valence-electron chi connectivity index (χ0n) is 15.5. The second-order valence-electron chi connectivity index (χ2n) is 5.22. The van der Waals surface area contributed by atoms with Crippen molar-refractivity contribution in [3.05, 3.63) is 11.8 Å². The minimum atomic E-state index is -1.02. The lowest BCUT2D eigenvalue weighted by Crippen LogP contribution is -2.19. The average Bonchev–Trinajstić information content (AvgIpc) is 2.37. The van der Waals surface area contributed by atoms with Crippen LogP contribution in [0, 0.1) is 11.8 Å². The number of carbonyl (C=O) groups is 5. The van der Waals surface area contributed by atoms with Gasteiger partial charge in [-0.25, -0.2) is 0 Å². The highest BCUT2D eigenvalue weighted by Gasteiger charge is 2.19. The molecular formula is C17H28O8. The van der Waals surface area contributed by atoms with Crippen LogP contribution in [0.4, 0.5) is 0 Å². The van der Waals surface area contributed by atoms with Gasteiger partial charge in [-0.15, -0.1) is 0 Å². The lowest BCUT2D eigenvalue weighted by Gasteiger charge is -2.01. The highest BCUT2D eigenvalue weighted by molar-refractivity contribution is 5.97. The standard InChI is InChI=1S/2C6H10O3.C5H8O2/c2*1-3-5(4(2)7)6(8)9;1-4(6)3-5(2)7/h2*5H,3H2,1-2H3,(H,8,9);3,6H,1-2H3/b;;4-3-. The van der Waals surface area contributed by atoms with Crippen molar-refractivity contribution in [1.82, 2.24) is 0 Å². The van der Waals surface area contributed by atoms with E-state index in [1.807, 2.05) is 0 Å². The van der Waals surface area contributed by atoms with E-state index in [0.29, 0.717) is 12.8 Å². The van der Waals surface area contributed by atoms with Crippen LogP contribution in [0.3, 0.4) is 0 Å². The van der Waals surface area contributed by atoms with Gasteiger partial charge in [0.2, 0.25) is 0 Å². The third-order valence-electron chi connectivity index (χ3n) is 2.81. The normalized spacial score (nSPS) is 12.3. The van der Waals surface area contributed by atoms with E-state index in [9.17, 15) is 24.0 Å². The molecule has 0 bridgehead atoms. The minimum Gasteiger partial charge on any atom is -0.512 e. The van der Waals surface area contributed by atoms with Crippen LogP contribution in [-0.2, 0) is 24.0 Å².